The van der Waals surface area contributed by atoms with Crippen LogP contribution in [0.3, 0.4) is 0 Å². The van der Waals surface area contributed by atoms with Gasteiger partial charge in [0.1, 0.15) is 0 Å². The number of rotatable bonds is 4. The van der Waals surface area contributed by atoms with Crippen molar-refractivity contribution in [3.8, 4) is 0 Å². The maximum absolute atomic E-state index is 9.97. The SMILES string of the molecule is CC(C)(O)CN1CCC(CN2CC=Cc3c2ccc(Cl)c3N)CC1. The van der Waals surface area contributed by atoms with Gasteiger partial charge in [-0.1, -0.05) is 23.8 Å². The Hall–Kier alpha value is -1.23. The molecule has 0 unspecified atom stereocenters. The van der Waals surface area contributed by atoms with Crippen LogP contribution in [0.4, 0.5) is 11.4 Å². The monoisotopic (exact) mass is 349 g/mol. The first-order valence-corrected chi connectivity index (χ1v) is 9.15. The molecular formula is C19H28ClN3O. The van der Waals surface area contributed by atoms with Crippen molar-refractivity contribution in [2.45, 2.75) is 32.3 Å². The Balaban J connectivity index is 1.61. The zero-order chi connectivity index (χ0) is 17.3. The molecule has 3 N–H and O–H groups in total. The molecule has 1 aromatic carbocycles. The van der Waals surface area contributed by atoms with Crippen LogP contribution in [-0.2, 0) is 0 Å². The van der Waals surface area contributed by atoms with Gasteiger partial charge >= 0.3 is 0 Å². The fraction of sp³-hybridized carbons (Fsp3) is 0.579. The van der Waals surface area contributed by atoms with Crippen molar-refractivity contribution in [2.24, 2.45) is 5.92 Å². The first-order chi connectivity index (χ1) is 11.3. The maximum atomic E-state index is 9.97. The second kappa shape index (κ2) is 6.95. The quantitative estimate of drug-likeness (QED) is 0.819. The summed E-state index contributed by atoms with van der Waals surface area (Å²) in [5.74, 6) is 0.680. The predicted molar refractivity (Wildman–Crippen MR) is 103 cm³/mol. The number of piperidine rings is 1. The van der Waals surface area contributed by atoms with Gasteiger partial charge in [-0.25, -0.2) is 0 Å². The number of likely N-dealkylation sites (tertiary alicyclic amines) is 1. The average Bonchev–Trinajstić information content (AvgIpc) is 2.52. The summed E-state index contributed by atoms with van der Waals surface area (Å²) >= 11 is 6.15. The highest BCUT2D eigenvalue weighted by Crippen LogP contribution is 2.36. The van der Waals surface area contributed by atoms with E-state index >= 15 is 0 Å². The van der Waals surface area contributed by atoms with E-state index in [1.165, 1.54) is 18.5 Å². The van der Waals surface area contributed by atoms with Gasteiger partial charge in [0.05, 0.1) is 16.3 Å². The lowest BCUT2D eigenvalue weighted by Crippen LogP contribution is -2.44. The minimum Gasteiger partial charge on any atom is -0.397 e. The molecule has 0 spiro atoms. The molecule has 0 atom stereocenters. The number of benzene rings is 1. The third kappa shape index (κ3) is 4.05. The highest BCUT2D eigenvalue weighted by molar-refractivity contribution is 6.33. The van der Waals surface area contributed by atoms with Gasteiger partial charge in [0.2, 0.25) is 0 Å². The normalized spacial score (nSPS) is 19.6. The first-order valence-electron chi connectivity index (χ1n) is 8.78. The molecule has 24 heavy (non-hydrogen) atoms. The molecule has 0 saturated carbocycles. The number of fused-ring (bicyclic) bond motifs is 1. The summed E-state index contributed by atoms with van der Waals surface area (Å²) in [5.41, 5.74) is 8.44. The first kappa shape index (κ1) is 17.6. The van der Waals surface area contributed by atoms with Crippen LogP contribution in [0.25, 0.3) is 6.08 Å². The molecule has 2 heterocycles. The van der Waals surface area contributed by atoms with Crippen LogP contribution in [-0.4, -0.2) is 48.3 Å². The number of hydrogen-bond acceptors (Lipinski definition) is 4. The molecule has 0 aliphatic carbocycles. The van der Waals surface area contributed by atoms with Gasteiger partial charge in [-0.3, -0.25) is 0 Å². The van der Waals surface area contributed by atoms with Crippen molar-refractivity contribution in [2.75, 3.05) is 43.4 Å². The van der Waals surface area contributed by atoms with E-state index in [1.54, 1.807) is 0 Å². The number of nitrogens with zero attached hydrogens (tertiary/aromatic N) is 2. The number of hydrogen-bond donors (Lipinski definition) is 2. The molecule has 0 amide bonds. The molecule has 2 aliphatic rings. The molecule has 1 saturated heterocycles. The molecule has 2 aliphatic heterocycles. The van der Waals surface area contributed by atoms with Crippen molar-refractivity contribution in [1.82, 2.24) is 4.90 Å². The Labute approximate surface area is 149 Å². The molecular weight excluding hydrogens is 322 g/mol. The van der Waals surface area contributed by atoms with Crippen LogP contribution in [0.1, 0.15) is 32.3 Å². The van der Waals surface area contributed by atoms with Crippen LogP contribution < -0.4 is 10.6 Å². The largest absolute Gasteiger partial charge is 0.397 e. The number of nitrogens with two attached hydrogens (primary N) is 1. The molecule has 4 nitrogen and oxygen atoms in total. The van der Waals surface area contributed by atoms with Crippen LogP contribution in [0.5, 0.6) is 0 Å². The summed E-state index contributed by atoms with van der Waals surface area (Å²) in [7, 11) is 0. The second-order valence-corrected chi connectivity index (χ2v) is 8.14. The highest BCUT2D eigenvalue weighted by Gasteiger charge is 2.26. The van der Waals surface area contributed by atoms with E-state index in [-0.39, 0.29) is 0 Å². The van der Waals surface area contributed by atoms with Crippen molar-refractivity contribution < 1.29 is 5.11 Å². The molecule has 3 rings (SSSR count). The summed E-state index contributed by atoms with van der Waals surface area (Å²) in [5, 5.41) is 10.6. The number of aliphatic hydroxyl groups is 1. The van der Waals surface area contributed by atoms with Crippen LogP contribution >= 0.6 is 11.6 Å². The Morgan fingerprint density at radius 2 is 2.00 bits per heavy atom. The molecule has 0 aromatic heterocycles. The third-order valence-electron chi connectivity index (χ3n) is 4.96. The second-order valence-electron chi connectivity index (χ2n) is 7.73. The minimum absolute atomic E-state index is 0.611. The van der Waals surface area contributed by atoms with E-state index in [1.807, 2.05) is 19.9 Å². The Bertz CT molecular complexity index is 616. The summed E-state index contributed by atoms with van der Waals surface area (Å²) in [6.07, 6.45) is 6.60. The summed E-state index contributed by atoms with van der Waals surface area (Å²) in [6.45, 7) is 8.62. The van der Waals surface area contributed by atoms with Crippen LogP contribution in [0.2, 0.25) is 5.02 Å². The number of nitrogen functional groups attached to an aromatic ring is 1. The van der Waals surface area contributed by atoms with Crippen molar-refractivity contribution >= 4 is 29.1 Å². The number of β-amino-alcohol motifs (C(OH)–C–C–N with tert-alkyl or cyclic N) is 1. The van der Waals surface area contributed by atoms with Crippen molar-refractivity contribution in [1.29, 1.82) is 0 Å². The molecule has 5 heteroatoms. The lowest BCUT2D eigenvalue weighted by Gasteiger charge is -2.38. The Kier molecular flexibility index (Phi) is 5.09. The number of anilines is 2. The minimum atomic E-state index is -0.611. The van der Waals surface area contributed by atoms with E-state index in [9.17, 15) is 5.11 Å². The summed E-state index contributed by atoms with van der Waals surface area (Å²) in [4.78, 5) is 4.79. The molecule has 1 fully saturated rings. The number of halogens is 1. The zero-order valence-electron chi connectivity index (χ0n) is 14.6. The zero-order valence-corrected chi connectivity index (χ0v) is 15.4. The predicted octanol–water partition coefficient (Wildman–Crippen LogP) is 3.24. The van der Waals surface area contributed by atoms with Crippen molar-refractivity contribution in [3.05, 3.63) is 28.8 Å². The Morgan fingerprint density at radius 1 is 1.29 bits per heavy atom. The fourth-order valence-corrected chi connectivity index (χ4v) is 3.97. The van der Waals surface area contributed by atoms with Crippen LogP contribution in [0.15, 0.2) is 18.2 Å². The van der Waals surface area contributed by atoms with Gasteiger partial charge in [-0.15, -0.1) is 0 Å². The maximum Gasteiger partial charge on any atom is 0.0718 e. The molecule has 1 aromatic rings. The Morgan fingerprint density at radius 3 is 2.67 bits per heavy atom. The van der Waals surface area contributed by atoms with E-state index in [2.05, 4.69) is 28.0 Å². The van der Waals surface area contributed by atoms with E-state index in [4.69, 9.17) is 17.3 Å². The lowest BCUT2D eigenvalue weighted by atomic mass is 9.94. The average molecular weight is 350 g/mol. The fourth-order valence-electron chi connectivity index (χ4n) is 3.80. The molecule has 132 valence electrons. The van der Waals surface area contributed by atoms with Gasteiger partial charge in [-0.2, -0.15) is 0 Å². The van der Waals surface area contributed by atoms with Gasteiger partial charge < -0.3 is 20.6 Å². The van der Waals surface area contributed by atoms with Gasteiger partial charge in [0.25, 0.3) is 0 Å². The van der Waals surface area contributed by atoms with Crippen LogP contribution in [0, 0.1) is 5.92 Å². The standard InChI is InChI=1S/C19H28ClN3O/c1-19(2,24)13-22-10-7-14(8-11-22)12-23-9-3-4-15-17(23)6-5-16(20)18(15)21/h3-6,14,24H,7-13,21H2,1-2H3. The van der Waals surface area contributed by atoms with E-state index in [0.29, 0.717) is 16.6 Å². The van der Waals surface area contributed by atoms with Gasteiger partial charge in [0.15, 0.2) is 0 Å². The van der Waals surface area contributed by atoms with Crippen molar-refractivity contribution in [3.63, 3.8) is 0 Å². The molecule has 0 bridgehead atoms. The third-order valence-corrected chi connectivity index (χ3v) is 5.29. The topological polar surface area (TPSA) is 52.7 Å². The summed E-state index contributed by atoms with van der Waals surface area (Å²) in [6, 6.07) is 3.98. The smallest absolute Gasteiger partial charge is 0.0718 e. The van der Waals surface area contributed by atoms with E-state index in [0.717, 1.165) is 38.3 Å². The van der Waals surface area contributed by atoms with Gasteiger partial charge in [-0.05, 0) is 57.8 Å². The highest BCUT2D eigenvalue weighted by atomic mass is 35.5. The summed E-state index contributed by atoms with van der Waals surface area (Å²) < 4.78 is 0. The van der Waals surface area contributed by atoms with Gasteiger partial charge in [0, 0.05) is 30.9 Å². The van der Waals surface area contributed by atoms with E-state index < -0.39 is 5.60 Å². The lowest BCUT2D eigenvalue weighted by molar-refractivity contribution is 0.0249. The molecule has 0 radical (unpaired) electrons.